The number of hydrogen-bond acceptors (Lipinski definition) is 3. The van der Waals surface area contributed by atoms with Crippen molar-refractivity contribution in [2.75, 3.05) is 0 Å². The van der Waals surface area contributed by atoms with E-state index in [0.717, 1.165) is 6.20 Å². The Bertz CT molecular complexity index is 347. The third-order valence-electron chi connectivity index (χ3n) is 1.52. The van der Waals surface area contributed by atoms with E-state index in [1.165, 1.54) is 0 Å². The fourth-order valence-electron chi connectivity index (χ4n) is 0.949. The van der Waals surface area contributed by atoms with Gasteiger partial charge in [-0.25, -0.2) is 4.68 Å². The maximum atomic E-state index is 11.9. The quantitative estimate of drug-likeness (QED) is 0.821. The van der Waals surface area contributed by atoms with Crippen LogP contribution in [-0.4, -0.2) is 32.2 Å². The average molecular weight is 223 g/mol. The summed E-state index contributed by atoms with van der Waals surface area (Å²) in [4.78, 5) is 10.2. The summed E-state index contributed by atoms with van der Waals surface area (Å²) in [6, 6.07) is 0. The highest BCUT2D eigenvalue weighted by Crippen LogP contribution is 2.16. The highest BCUT2D eigenvalue weighted by atomic mass is 19.4. The molecule has 1 aromatic rings. The van der Waals surface area contributed by atoms with E-state index in [0.29, 0.717) is 4.68 Å². The zero-order valence-corrected chi connectivity index (χ0v) is 7.53. The molecule has 0 aliphatic rings. The lowest BCUT2D eigenvalue weighted by atomic mass is 10.2. The van der Waals surface area contributed by atoms with Crippen LogP contribution in [0, 0.1) is 0 Å². The van der Waals surface area contributed by atoms with Crippen molar-refractivity contribution in [1.29, 1.82) is 0 Å². The number of alkyl halides is 3. The van der Waals surface area contributed by atoms with Gasteiger partial charge in [0.25, 0.3) is 0 Å². The minimum absolute atomic E-state index is 0.0766. The second-order valence-corrected chi connectivity index (χ2v) is 2.92. The molecule has 0 amide bonds. The highest BCUT2D eigenvalue weighted by Gasteiger charge is 2.28. The van der Waals surface area contributed by atoms with Gasteiger partial charge < -0.3 is 5.11 Å². The van der Waals surface area contributed by atoms with Gasteiger partial charge in [-0.3, -0.25) is 4.79 Å². The van der Waals surface area contributed by atoms with Crippen LogP contribution in [0.5, 0.6) is 0 Å². The van der Waals surface area contributed by atoms with E-state index in [9.17, 15) is 18.0 Å². The number of carboxylic acid groups (broad SMARTS) is 1. The van der Waals surface area contributed by atoms with Gasteiger partial charge in [0.2, 0.25) is 0 Å². The third kappa shape index (κ3) is 4.43. The molecular formula is C7H8F3N3O2. The maximum absolute atomic E-state index is 11.9. The number of hydrogen-bond donors (Lipinski definition) is 1. The summed E-state index contributed by atoms with van der Waals surface area (Å²) in [5, 5.41) is 15.0. The number of carboxylic acids is 1. The minimum Gasteiger partial charge on any atom is -0.481 e. The smallest absolute Gasteiger partial charge is 0.408 e. The van der Waals surface area contributed by atoms with Crippen molar-refractivity contribution in [1.82, 2.24) is 15.0 Å². The number of aromatic nitrogens is 3. The van der Waals surface area contributed by atoms with E-state index in [-0.39, 0.29) is 18.5 Å². The molecular weight excluding hydrogens is 215 g/mol. The number of aliphatic carboxylic acids is 1. The fourth-order valence-corrected chi connectivity index (χ4v) is 0.949. The molecule has 0 saturated heterocycles. The van der Waals surface area contributed by atoms with Gasteiger partial charge in [0.15, 0.2) is 0 Å². The van der Waals surface area contributed by atoms with Crippen LogP contribution >= 0.6 is 0 Å². The van der Waals surface area contributed by atoms with Crippen LogP contribution in [-0.2, 0) is 17.8 Å². The van der Waals surface area contributed by atoms with Crippen molar-refractivity contribution in [3.05, 3.63) is 11.9 Å². The lowest BCUT2D eigenvalue weighted by molar-refractivity contribution is -0.143. The van der Waals surface area contributed by atoms with Gasteiger partial charge in [0.1, 0.15) is 6.54 Å². The van der Waals surface area contributed by atoms with Crippen molar-refractivity contribution < 1.29 is 23.1 Å². The maximum Gasteiger partial charge on any atom is 0.408 e. The normalized spacial score (nSPS) is 11.7. The molecule has 8 heteroatoms. The van der Waals surface area contributed by atoms with E-state index in [1.807, 2.05) is 0 Å². The summed E-state index contributed by atoms with van der Waals surface area (Å²) in [6.07, 6.45) is -3.36. The zero-order chi connectivity index (χ0) is 11.5. The van der Waals surface area contributed by atoms with E-state index >= 15 is 0 Å². The topological polar surface area (TPSA) is 68.0 Å². The summed E-state index contributed by atoms with van der Waals surface area (Å²) in [5.41, 5.74) is 0.238. The summed E-state index contributed by atoms with van der Waals surface area (Å²) >= 11 is 0. The average Bonchev–Trinajstić information content (AvgIpc) is 2.45. The van der Waals surface area contributed by atoms with Gasteiger partial charge in [0.05, 0.1) is 12.1 Å². The third-order valence-corrected chi connectivity index (χ3v) is 1.52. The number of rotatable bonds is 4. The Morgan fingerprint density at radius 1 is 1.53 bits per heavy atom. The summed E-state index contributed by atoms with van der Waals surface area (Å²) in [5.74, 6) is -1.03. The molecule has 15 heavy (non-hydrogen) atoms. The first kappa shape index (κ1) is 11.5. The second-order valence-electron chi connectivity index (χ2n) is 2.92. The van der Waals surface area contributed by atoms with Crippen molar-refractivity contribution in [2.45, 2.75) is 25.6 Å². The SMILES string of the molecule is O=C(O)CCc1cn(CC(F)(F)F)nn1. The van der Waals surface area contributed by atoms with Crippen LogP contribution in [0.25, 0.3) is 0 Å². The molecule has 1 aromatic heterocycles. The van der Waals surface area contributed by atoms with Gasteiger partial charge in [0, 0.05) is 12.6 Å². The molecule has 0 bridgehead atoms. The van der Waals surface area contributed by atoms with Gasteiger partial charge in [-0.1, -0.05) is 5.21 Å². The standard InChI is InChI=1S/C7H8F3N3O2/c8-7(9,10)4-13-3-5(11-12-13)1-2-6(14)15/h3H,1-2,4H2,(H,14,15). The molecule has 0 aromatic carbocycles. The Morgan fingerprint density at radius 3 is 2.73 bits per heavy atom. The van der Waals surface area contributed by atoms with Crippen LogP contribution in [0.2, 0.25) is 0 Å². The number of carbonyl (C=O) groups is 1. The molecule has 1 rings (SSSR count). The van der Waals surface area contributed by atoms with Gasteiger partial charge in [-0.15, -0.1) is 5.10 Å². The Kier molecular flexibility index (Phi) is 3.28. The Morgan fingerprint density at radius 2 is 2.20 bits per heavy atom. The minimum atomic E-state index is -4.35. The second kappa shape index (κ2) is 4.28. The zero-order valence-electron chi connectivity index (χ0n) is 7.53. The van der Waals surface area contributed by atoms with Crippen molar-refractivity contribution in [3.8, 4) is 0 Å². The van der Waals surface area contributed by atoms with E-state index in [1.54, 1.807) is 0 Å². The first-order chi connectivity index (χ1) is 6.87. The van der Waals surface area contributed by atoms with Gasteiger partial charge in [-0.05, 0) is 0 Å². The van der Waals surface area contributed by atoms with Gasteiger partial charge >= 0.3 is 12.1 Å². The molecule has 84 valence electrons. The molecule has 0 saturated carbocycles. The Labute approximate surface area is 82.5 Å². The number of nitrogens with zero attached hydrogens (tertiary/aromatic N) is 3. The van der Waals surface area contributed by atoms with E-state index < -0.39 is 18.7 Å². The number of aryl methyl sites for hydroxylation is 1. The van der Waals surface area contributed by atoms with Gasteiger partial charge in [-0.2, -0.15) is 13.2 Å². The molecule has 0 fully saturated rings. The van der Waals surface area contributed by atoms with Crippen molar-refractivity contribution in [3.63, 3.8) is 0 Å². The molecule has 0 aliphatic heterocycles. The molecule has 0 spiro atoms. The lowest BCUT2D eigenvalue weighted by Gasteiger charge is -2.03. The van der Waals surface area contributed by atoms with E-state index in [4.69, 9.17) is 5.11 Å². The lowest BCUT2D eigenvalue weighted by Crippen LogP contribution is -2.18. The van der Waals surface area contributed by atoms with Crippen LogP contribution in [0.4, 0.5) is 13.2 Å². The van der Waals surface area contributed by atoms with Crippen LogP contribution in [0.1, 0.15) is 12.1 Å². The number of halogens is 3. The predicted octanol–water partition coefficient (Wildman–Crippen LogP) is 0.858. The Hall–Kier alpha value is -1.60. The summed E-state index contributed by atoms with van der Waals surface area (Å²) in [7, 11) is 0. The summed E-state index contributed by atoms with van der Waals surface area (Å²) < 4.78 is 36.3. The van der Waals surface area contributed by atoms with Crippen LogP contribution in [0.3, 0.4) is 0 Å². The molecule has 0 aliphatic carbocycles. The molecule has 1 N–H and O–H groups in total. The van der Waals surface area contributed by atoms with Crippen molar-refractivity contribution in [2.24, 2.45) is 0 Å². The van der Waals surface area contributed by atoms with Crippen LogP contribution in [0.15, 0.2) is 6.20 Å². The fraction of sp³-hybridized carbons (Fsp3) is 0.571. The Balaban J connectivity index is 2.53. The van der Waals surface area contributed by atoms with Crippen molar-refractivity contribution >= 4 is 5.97 Å². The molecule has 0 atom stereocenters. The monoisotopic (exact) mass is 223 g/mol. The van der Waals surface area contributed by atoms with Crippen LogP contribution < -0.4 is 0 Å². The molecule has 0 radical (unpaired) electrons. The predicted molar refractivity (Wildman–Crippen MR) is 42.0 cm³/mol. The molecule has 5 nitrogen and oxygen atoms in total. The molecule has 0 unspecified atom stereocenters. The molecule has 1 heterocycles. The van der Waals surface area contributed by atoms with E-state index in [2.05, 4.69) is 10.3 Å². The highest BCUT2D eigenvalue weighted by molar-refractivity contribution is 5.66. The first-order valence-electron chi connectivity index (χ1n) is 4.04. The largest absolute Gasteiger partial charge is 0.481 e. The summed E-state index contributed by atoms with van der Waals surface area (Å²) in [6.45, 7) is -1.22. The first-order valence-corrected chi connectivity index (χ1v) is 4.04.